The number of H-pyrrole nitrogens is 1. The minimum absolute atomic E-state index is 0.0289. The Morgan fingerprint density at radius 3 is 2.69 bits per heavy atom. The average Bonchev–Trinajstić information content (AvgIpc) is 3.23. The molecular weight excluding hydrogens is 399 g/mol. The summed E-state index contributed by atoms with van der Waals surface area (Å²) in [7, 11) is 1.33. The fourth-order valence-electron chi connectivity index (χ4n) is 2.68. The van der Waals surface area contributed by atoms with Gasteiger partial charge in [-0.2, -0.15) is 23.4 Å². The zero-order valence-corrected chi connectivity index (χ0v) is 14.7. The van der Waals surface area contributed by atoms with Crippen LogP contribution in [0.3, 0.4) is 0 Å². The summed E-state index contributed by atoms with van der Waals surface area (Å²) < 4.78 is 51.5. The molecule has 1 aliphatic rings. The van der Waals surface area contributed by atoms with Crippen LogP contribution < -0.4 is 14.8 Å². The lowest BCUT2D eigenvalue weighted by atomic mass is 10.2. The van der Waals surface area contributed by atoms with E-state index in [0.717, 1.165) is 4.68 Å². The van der Waals surface area contributed by atoms with Crippen molar-refractivity contribution in [3.63, 3.8) is 0 Å². The van der Waals surface area contributed by atoms with E-state index in [1.54, 1.807) is 24.3 Å². The summed E-state index contributed by atoms with van der Waals surface area (Å²) in [5.74, 6) is 0.00743. The number of rotatable bonds is 2. The molecule has 1 unspecified atom stereocenters. The Kier molecular flexibility index (Phi) is 5.30. The van der Waals surface area contributed by atoms with Crippen LogP contribution in [0.15, 0.2) is 24.3 Å². The van der Waals surface area contributed by atoms with Crippen molar-refractivity contribution in [3.8, 4) is 11.5 Å². The fraction of sp³-hybridized carbons (Fsp3) is 0.250. The standard InChI is InChI=1S/C15H12F3N5O3.CH2O2/c1-23-13-10(11(22-23)15(16,17)18)12(20-21-13)19-14(24)9-6-25-7-4-2-3-5-8(7)26-9;2-1-3/h2-5,9H,6H2,1H3,(H2,19,20,21,24);1H,(H,2,3). The number of aryl methyl sites for hydroxylation is 1. The molecule has 10 nitrogen and oxygen atoms in total. The van der Waals surface area contributed by atoms with Crippen LogP contribution in [0.1, 0.15) is 5.69 Å². The monoisotopic (exact) mass is 413 g/mol. The summed E-state index contributed by atoms with van der Waals surface area (Å²) in [6, 6.07) is 6.79. The van der Waals surface area contributed by atoms with Gasteiger partial charge in [-0.15, -0.1) is 0 Å². The van der Waals surface area contributed by atoms with Crippen LogP contribution in [-0.4, -0.2) is 50.2 Å². The minimum atomic E-state index is -4.69. The lowest BCUT2D eigenvalue weighted by Gasteiger charge is -2.25. The SMILES string of the molecule is Cn1nc(C(F)(F)F)c2c(NC(=O)C3COc4ccccc4O3)[nH]nc21.O=CO. The molecule has 3 aromatic rings. The lowest BCUT2D eigenvalue weighted by molar-refractivity contribution is -0.140. The number of aromatic amines is 1. The summed E-state index contributed by atoms with van der Waals surface area (Å²) >= 11 is 0. The van der Waals surface area contributed by atoms with Gasteiger partial charge in [-0.1, -0.05) is 12.1 Å². The van der Waals surface area contributed by atoms with E-state index >= 15 is 0 Å². The first-order valence-corrected chi connectivity index (χ1v) is 8.01. The Bertz CT molecular complexity index is 1050. The number of para-hydroxylation sites is 2. The molecule has 3 heterocycles. The molecular formula is C16H14F3N5O5. The van der Waals surface area contributed by atoms with Crippen molar-refractivity contribution in [1.29, 1.82) is 0 Å². The number of fused-ring (bicyclic) bond motifs is 2. The quantitative estimate of drug-likeness (QED) is 0.546. The highest BCUT2D eigenvalue weighted by Gasteiger charge is 2.39. The van der Waals surface area contributed by atoms with Crippen LogP contribution in [0.5, 0.6) is 11.5 Å². The van der Waals surface area contributed by atoms with Crippen molar-refractivity contribution >= 4 is 29.2 Å². The van der Waals surface area contributed by atoms with Gasteiger partial charge in [-0.25, -0.2) is 4.68 Å². The molecule has 3 N–H and O–H groups in total. The predicted octanol–water partition coefficient (Wildman–Crippen LogP) is 1.79. The molecule has 1 amide bonds. The first-order valence-electron chi connectivity index (χ1n) is 8.01. The second-order valence-electron chi connectivity index (χ2n) is 5.73. The van der Waals surface area contributed by atoms with Crippen molar-refractivity contribution in [2.24, 2.45) is 7.05 Å². The number of benzene rings is 1. The first-order chi connectivity index (χ1) is 13.8. The first kappa shape index (κ1) is 20.0. The number of hydrogen-bond donors (Lipinski definition) is 3. The molecule has 0 aliphatic carbocycles. The number of nitrogens with zero attached hydrogens (tertiary/aromatic N) is 3. The second-order valence-corrected chi connectivity index (χ2v) is 5.73. The van der Waals surface area contributed by atoms with Gasteiger partial charge in [0.05, 0.1) is 5.39 Å². The van der Waals surface area contributed by atoms with Crippen LogP contribution in [0.25, 0.3) is 11.0 Å². The van der Waals surface area contributed by atoms with Crippen LogP contribution in [0.2, 0.25) is 0 Å². The maximum atomic E-state index is 13.2. The van der Waals surface area contributed by atoms with Crippen LogP contribution in [-0.2, 0) is 22.8 Å². The maximum Gasteiger partial charge on any atom is 0.435 e. The highest BCUT2D eigenvalue weighted by molar-refractivity contribution is 6.02. The predicted molar refractivity (Wildman–Crippen MR) is 91.5 cm³/mol. The average molecular weight is 413 g/mol. The Hall–Kier alpha value is -3.77. The van der Waals surface area contributed by atoms with Gasteiger partial charge in [-0.05, 0) is 12.1 Å². The van der Waals surface area contributed by atoms with Crippen LogP contribution in [0.4, 0.5) is 19.0 Å². The Morgan fingerprint density at radius 1 is 1.38 bits per heavy atom. The topological polar surface area (TPSA) is 131 Å². The third-order valence-electron chi connectivity index (χ3n) is 3.86. The molecule has 29 heavy (non-hydrogen) atoms. The Labute approximate surface area is 160 Å². The van der Waals surface area contributed by atoms with Gasteiger partial charge < -0.3 is 19.9 Å². The van der Waals surface area contributed by atoms with E-state index in [1.807, 2.05) is 0 Å². The molecule has 0 saturated heterocycles. The summed E-state index contributed by atoms with van der Waals surface area (Å²) in [6.45, 7) is -0.320. The number of carbonyl (C=O) groups is 2. The van der Waals surface area contributed by atoms with Crippen LogP contribution in [0, 0.1) is 0 Å². The number of carboxylic acid groups (broad SMARTS) is 1. The van der Waals surface area contributed by atoms with Gasteiger partial charge in [0, 0.05) is 7.05 Å². The zero-order valence-electron chi connectivity index (χ0n) is 14.7. The molecule has 1 aromatic carbocycles. The van der Waals surface area contributed by atoms with E-state index in [9.17, 15) is 18.0 Å². The zero-order chi connectivity index (χ0) is 21.2. The Morgan fingerprint density at radius 2 is 2.03 bits per heavy atom. The number of amides is 1. The van der Waals surface area contributed by atoms with Gasteiger partial charge in [0.2, 0.25) is 6.10 Å². The number of anilines is 1. The number of hydrogen-bond acceptors (Lipinski definition) is 6. The molecule has 1 atom stereocenters. The molecule has 0 bridgehead atoms. The van der Waals surface area contributed by atoms with E-state index < -0.39 is 23.9 Å². The maximum absolute atomic E-state index is 13.2. The molecule has 1 aliphatic heterocycles. The highest BCUT2D eigenvalue weighted by atomic mass is 19.4. The van der Waals surface area contributed by atoms with Crippen LogP contribution >= 0.6 is 0 Å². The number of alkyl halides is 3. The van der Waals surface area contributed by atoms with Crippen molar-refractivity contribution in [2.75, 3.05) is 11.9 Å². The number of ether oxygens (including phenoxy) is 2. The van der Waals surface area contributed by atoms with Gasteiger partial charge in [-0.3, -0.25) is 14.7 Å². The molecule has 0 saturated carbocycles. The number of halogens is 3. The van der Waals surface area contributed by atoms with Crippen molar-refractivity contribution in [3.05, 3.63) is 30.0 Å². The molecule has 2 aromatic heterocycles. The Balaban J connectivity index is 0.000000755. The van der Waals surface area contributed by atoms with Gasteiger partial charge in [0.25, 0.3) is 12.4 Å². The van der Waals surface area contributed by atoms with E-state index in [4.69, 9.17) is 19.4 Å². The van der Waals surface area contributed by atoms with Gasteiger partial charge in [0.15, 0.2) is 22.8 Å². The largest absolute Gasteiger partial charge is 0.485 e. The summed E-state index contributed by atoms with van der Waals surface area (Å²) in [6.07, 6.45) is -5.71. The molecule has 0 fully saturated rings. The number of carbonyl (C=O) groups excluding carboxylic acids is 1. The minimum Gasteiger partial charge on any atom is -0.485 e. The third kappa shape index (κ3) is 3.93. The van der Waals surface area contributed by atoms with Crippen molar-refractivity contribution < 1.29 is 37.3 Å². The normalized spacial score (nSPS) is 15.4. The van der Waals surface area contributed by atoms with E-state index in [0.29, 0.717) is 11.5 Å². The van der Waals surface area contributed by atoms with E-state index in [2.05, 4.69) is 20.6 Å². The smallest absolute Gasteiger partial charge is 0.435 e. The molecule has 0 spiro atoms. The molecule has 13 heteroatoms. The second kappa shape index (κ2) is 7.69. The molecule has 154 valence electrons. The highest BCUT2D eigenvalue weighted by Crippen LogP contribution is 2.36. The summed E-state index contributed by atoms with van der Waals surface area (Å²) in [4.78, 5) is 20.8. The molecule has 4 rings (SSSR count). The van der Waals surface area contributed by atoms with E-state index in [-0.39, 0.29) is 29.9 Å². The fourth-order valence-corrected chi connectivity index (χ4v) is 2.68. The van der Waals surface area contributed by atoms with Gasteiger partial charge >= 0.3 is 6.18 Å². The number of aromatic nitrogens is 4. The van der Waals surface area contributed by atoms with Gasteiger partial charge in [0.1, 0.15) is 12.4 Å². The van der Waals surface area contributed by atoms with Crippen molar-refractivity contribution in [2.45, 2.75) is 12.3 Å². The summed E-state index contributed by atoms with van der Waals surface area (Å²) in [5, 5.41) is 18.6. The lowest BCUT2D eigenvalue weighted by Crippen LogP contribution is -2.40. The summed E-state index contributed by atoms with van der Waals surface area (Å²) in [5.41, 5.74) is -1.16. The molecule has 0 radical (unpaired) electrons. The third-order valence-corrected chi connectivity index (χ3v) is 3.86. The van der Waals surface area contributed by atoms with E-state index in [1.165, 1.54) is 7.05 Å². The van der Waals surface area contributed by atoms with Crippen molar-refractivity contribution in [1.82, 2.24) is 20.0 Å². The number of nitrogens with one attached hydrogen (secondary N) is 2.